The summed E-state index contributed by atoms with van der Waals surface area (Å²) in [5.41, 5.74) is 2.24. The number of anilines is 1. The summed E-state index contributed by atoms with van der Waals surface area (Å²) < 4.78 is 5.82. The fourth-order valence-electron chi connectivity index (χ4n) is 3.34. The van der Waals surface area contributed by atoms with Gasteiger partial charge in [0.05, 0.1) is 6.04 Å². The zero-order valence-corrected chi connectivity index (χ0v) is 16.7. The predicted octanol–water partition coefficient (Wildman–Crippen LogP) is 5.49. The molecule has 0 saturated carbocycles. The smallest absolute Gasteiger partial charge is 0.147 e. The third-order valence-electron chi connectivity index (χ3n) is 4.82. The molecule has 0 aliphatic rings. The highest BCUT2D eigenvalue weighted by Crippen LogP contribution is 2.37. The Morgan fingerprint density at radius 3 is 2.73 bits per heavy atom. The van der Waals surface area contributed by atoms with E-state index in [4.69, 9.17) is 4.74 Å². The van der Waals surface area contributed by atoms with Gasteiger partial charge in [0, 0.05) is 23.3 Å². The first-order valence-corrected chi connectivity index (χ1v) is 9.84. The summed E-state index contributed by atoms with van der Waals surface area (Å²) in [4.78, 5) is 8.76. The van der Waals surface area contributed by atoms with Crippen LogP contribution in [0.2, 0.25) is 0 Å². The second-order valence-corrected chi connectivity index (χ2v) is 6.82. The second-order valence-electron chi connectivity index (χ2n) is 6.82. The van der Waals surface area contributed by atoms with Crippen molar-refractivity contribution < 1.29 is 9.84 Å². The maximum Gasteiger partial charge on any atom is 0.147 e. The van der Waals surface area contributed by atoms with Gasteiger partial charge in [-0.15, -0.1) is 0 Å². The molecule has 150 valence electrons. The number of ether oxygens (including phenoxy) is 1. The van der Waals surface area contributed by atoms with Gasteiger partial charge in [-0.05, 0) is 42.8 Å². The van der Waals surface area contributed by atoms with E-state index in [0.717, 1.165) is 22.3 Å². The van der Waals surface area contributed by atoms with Gasteiger partial charge in [0.15, 0.2) is 0 Å². The van der Waals surface area contributed by atoms with Crippen molar-refractivity contribution in [2.75, 3.05) is 11.9 Å². The molecule has 4 rings (SSSR count). The minimum Gasteiger partial charge on any atom is -0.505 e. The second kappa shape index (κ2) is 9.09. The Hall–Kier alpha value is -3.86. The van der Waals surface area contributed by atoms with Gasteiger partial charge in [0.2, 0.25) is 0 Å². The standard InChI is InChI=1S/C25H23N3O2/c1-2-3-16-30-20-10-6-8-19(17-20)23(28-22-11-4-5-14-26-22)21-13-12-18-9-7-15-27-24(18)25(21)29/h2-15,17,23,29H,16H2,1H3,(H,26,28)/b3-2+. The van der Waals surface area contributed by atoms with E-state index in [2.05, 4.69) is 15.3 Å². The highest BCUT2D eigenvalue weighted by atomic mass is 16.5. The molecule has 2 N–H and O–H groups in total. The summed E-state index contributed by atoms with van der Waals surface area (Å²) in [6, 6.07) is 20.9. The highest BCUT2D eigenvalue weighted by molar-refractivity contribution is 5.86. The largest absolute Gasteiger partial charge is 0.505 e. The van der Waals surface area contributed by atoms with Crippen LogP contribution < -0.4 is 10.1 Å². The number of pyridine rings is 2. The normalized spacial score (nSPS) is 12.2. The third kappa shape index (κ3) is 4.25. The topological polar surface area (TPSA) is 67.3 Å². The van der Waals surface area contributed by atoms with Crippen LogP contribution in [0.25, 0.3) is 10.9 Å². The Labute approximate surface area is 175 Å². The van der Waals surface area contributed by atoms with Crippen molar-refractivity contribution in [1.29, 1.82) is 0 Å². The summed E-state index contributed by atoms with van der Waals surface area (Å²) in [6.45, 7) is 2.46. The van der Waals surface area contributed by atoms with Crippen LogP contribution in [0.15, 0.2) is 91.3 Å². The number of aromatic hydroxyl groups is 1. The molecule has 5 heteroatoms. The van der Waals surface area contributed by atoms with E-state index in [1.807, 2.05) is 85.8 Å². The molecule has 0 aliphatic heterocycles. The number of phenols is 1. The summed E-state index contributed by atoms with van der Waals surface area (Å²) >= 11 is 0. The van der Waals surface area contributed by atoms with Gasteiger partial charge in [0.1, 0.15) is 29.4 Å². The van der Waals surface area contributed by atoms with Crippen LogP contribution in [0.5, 0.6) is 11.5 Å². The van der Waals surface area contributed by atoms with Gasteiger partial charge in [-0.25, -0.2) is 4.98 Å². The molecule has 0 fully saturated rings. The monoisotopic (exact) mass is 397 g/mol. The quantitative estimate of drug-likeness (QED) is 0.404. The molecular formula is C25H23N3O2. The highest BCUT2D eigenvalue weighted by Gasteiger charge is 2.21. The Morgan fingerprint density at radius 2 is 1.90 bits per heavy atom. The molecule has 30 heavy (non-hydrogen) atoms. The molecule has 0 aliphatic carbocycles. The first-order chi connectivity index (χ1) is 14.8. The molecule has 4 aromatic rings. The number of benzene rings is 2. The summed E-state index contributed by atoms with van der Waals surface area (Å²) in [5, 5.41) is 15.4. The molecule has 2 aromatic carbocycles. The van der Waals surface area contributed by atoms with E-state index in [9.17, 15) is 5.11 Å². The van der Waals surface area contributed by atoms with E-state index in [-0.39, 0.29) is 11.8 Å². The van der Waals surface area contributed by atoms with Crippen LogP contribution in [-0.4, -0.2) is 21.7 Å². The number of allylic oxidation sites excluding steroid dienone is 1. The zero-order valence-electron chi connectivity index (χ0n) is 16.7. The summed E-state index contributed by atoms with van der Waals surface area (Å²) in [5.74, 6) is 1.63. The number of nitrogens with one attached hydrogen (secondary N) is 1. The number of fused-ring (bicyclic) bond motifs is 1. The fourth-order valence-corrected chi connectivity index (χ4v) is 3.34. The van der Waals surface area contributed by atoms with Gasteiger partial charge in [-0.1, -0.05) is 48.6 Å². The lowest BCUT2D eigenvalue weighted by molar-refractivity contribution is 0.362. The van der Waals surface area contributed by atoms with Gasteiger partial charge < -0.3 is 15.2 Å². The Morgan fingerprint density at radius 1 is 1.00 bits per heavy atom. The van der Waals surface area contributed by atoms with Gasteiger partial charge in [0.25, 0.3) is 0 Å². The Balaban J connectivity index is 1.78. The SMILES string of the molecule is C/C=C/COc1cccc(C(Nc2ccccn2)c2ccc3cccnc3c2O)c1. The minimum atomic E-state index is -0.337. The lowest BCUT2D eigenvalue weighted by Gasteiger charge is -2.22. The number of nitrogens with zero attached hydrogens (tertiary/aromatic N) is 2. The average molecular weight is 397 g/mol. The van der Waals surface area contributed by atoms with Crippen molar-refractivity contribution in [3.05, 3.63) is 102 Å². The number of phenolic OH excluding ortho intramolecular Hbond substituents is 1. The van der Waals surface area contributed by atoms with Crippen molar-refractivity contribution in [3.63, 3.8) is 0 Å². The number of rotatable bonds is 7. The zero-order chi connectivity index (χ0) is 20.8. The molecule has 0 radical (unpaired) electrons. The van der Waals surface area contributed by atoms with Crippen molar-refractivity contribution in [2.24, 2.45) is 0 Å². The molecule has 2 aromatic heterocycles. The van der Waals surface area contributed by atoms with Crippen LogP contribution in [-0.2, 0) is 0 Å². The molecule has 2 heterocycles. The molecule has 0 saturated heterocycles. The van der Waals surface area contributed by atoms with Gasteiger partial charge in [-0.2, -0.15) is 0 Å². The minimum absolute atomic E-state index is 0.154. The van der Waals surface area contributed by atoms with Crippen LogP contribution in [0.3, 0.4) is 0 Å². The van der Waals surface area contributed by atoms with E-state index >= 15 is 0 Å². The first-order valence-electron chi connectivity index (χ1n) is 9.84. The first kappa shape index (κ1) is 19.5. The van der Waals surface area contributed by atoms with Crippen LogP contribution in [0, 0.1) is 0 Å². The molecular weight excluding hydrogens is 374 g/mol. The van der Waals surface area contributed by atoms with E-state index in [1.54, 1.807) is 12.4 Å². The molecule has 1 unspecified atom stereocenters. The summed E-state index contributed by atoms with van der Waals surface area (Å²) in [6.07, 6.45) is 7.33. The molecule has 0 bridgehead atoms. The molecule has 0 amide bonds. The van der Waals surface area contributed by atoms with Crippen LogP contribution in [0.4, 0.5) is 5.82 Å². The van der Waals surface area contributed by atoms with E-state index < -0.39 is 0 Å². The van der Waals surface area contributed by atoms with Crippen molar-refractivity contribution in [3.8, 4) is 11.5 Å². The third-order valence-corrected chi connectivity index (χ3v) is 4.82. The van der Waals surface area contributed by atoms with Crippen molar-refractivity contribution in [1.82, 2.24) is 9.97 Å². The fraction of sp³-hybridized carbons (Fsp3) is 0.120. The van der Waals surface area contributed by atoms with Crippen molar-refractivity contribution in [2.45, 2.75) is 13.0 Å². The van der Waals surface area contributed by atoms with Crippen LogP contribution >= 0.6 is 0 Å². The van der Waals surface area contributed by atoms with Crippen molar-refractivity contribution >= 4 is 16.7 Å². The van der Waals surface area contributed by atoms with Gasteiger partial charge >= 0.3 is 0 Å². The Bertz CT molecular complexity index is 1160. The van der Waals surface area contributed by atoms with Crippen LogP contribution in [0.1, 0.15) is 24.1 Å². The Kier molecular flexibility index (Phi) is 5.90. The van der Waals surface area contributed by atoms with E-state index in [0.29, 0.717) is 17.9 Å². The molecule has 5 nitrogen and oxygen atoms in total. The average Bonchev–Trinajstić information content (AvgIpc) is 2.79. The number of hydrogen-bond donors (Lipinski definition) is 2. The lowest BCUT2D eigenvalue weighted by atomic mass is 9.96. The number of aromatic nitrogens is 2. The number of hydrogen-bond acceptors (Lipinski definition) is 5. The van der Waals surface area contributed by atoms with E-state index in [1.165, 1.54) is 0 Å². The lowest BCUT2D eigenvalue weighted by Crippen LogP contribution is -2.14. The summed E-state index contributed by atoms with van der Waals surface area (Å²) in [7, 11) is 0. The van der Waals surface area contributed by atoms with Gasteiger partial charge in [-0.3, -0.25) is 4.98 Å². The predicted molar refractivity (Wildman–Crippen MR) is 120 cm³/mol. The maximum atomic E-state index is 11.0. The molecule has 0 spiro atoms. The maximum absolute atomic E-state index is 11.0. The molecule has 1 atom stereocenters.